The maximum Gasteiger partial charge on any atom is 0.110 e. The summed E-state index contributed by atoms with van der Waals surface area (Å²) in [7, 11) is 0. The molecule has 0 atom stereocenters. The van der Waals surface area contributed by atoms with E-state index < -0.39 is 0 Å². The zero-order valence-corrected chi connectivity index (χ0v) is 15.8. The van der Waals surface area contributed by atoms with Crippen molar-refractivity contribution in [2.75, 3.05) is 0 Å². The molecule has 132 valence electrons. The Morgan fingerprint density at radius 2 is 1.89 bits per heavy atom. The van der Waals surface area contributed by atoms with Gasteiger partial charge in [-0.05, 0) is 30.2 Å². The van der Waals surface area contributed by atoms with Gasteiger partial charge in [0.25, 0.3) is 0 Å². The van der Waals surface area contributed by atoms with Gasteiger partial charge in [0, 0.05) is 35.7 Å². The molecule has 0 aliphatic heterocycles. The second kappa shape index (κ2) is 7.56. The van der Waals surface area contributed by atoms with E-state index >= 15 is 0 Å². The lowest BCUT2D eigenvalue weighted by Crippen LogP contribution is -1.93. The lowest BCUT2D eigenvalue weighted by Gasteiger charge is -2.00. The van der Waals surface area contributed by atoms with Crippen molar-refractivity contribution < 1.29 is 0 Å². The van der Waals surface area contributed by atoms with Gasteiger partial charge >= 0.3 is 0 Å². The number of rotatable bonds is 5. The molecule has 5 heteroatoms. The minimum atomic E-state index is 0.673. The standard InChI is InChI=1S/C22H18N4S/c1-15-4-2-3-5-19(15)20-14-27-22(26-20)11-18-13-24-21(25-18)10-16-6-8-17(12-23)9-7-16/h2-9,13-14H,10-11H2,1H3,(H,24,25). The highest BCUT2D eigenvalue weighted by molar-refractivity contribution is 7.10. The predicted molar refractivity (Wildman–Crippen MR) is 108 cm³/mol. The van der Waals surface area contributed by atoms with E-state index in [9.17, 15) is 0 Å². The van der Waals surface area contributed by atoms with E-state index in [-0.39, 0.29) is 0 Å². The van der Waals surface area contributed by atoms with Crippen LogP contribution in [-0.4, -0.2) is 15.0 Å². The molecular weight excluding hydrogens is 352 g/mol. The van der Waals surface area contributed by atoms with Gasteiger partial charge < -0.3 is 4.98 Å². The number of H-pyrrole nitrogens is 1. The summed E-state index contributed by atoms with van der Waals surface area (Å²) in [6.07, 6.45) is 3.35. The van der Waals surface area contributed by atoms with Crippen molar-refractivity contribution in [3.8, 4) is 17.3 Å². The molecule has 0 aliphatic carbocycles. The van der Waals surface area contributed by atoms with Gasteiger partial charge in [-0.3, -0.25) is 0 Å². The van der Waals surface area contributed by atoms with Crippen LogP contribution in [-0.2, 0) is 12.8 Å². The minimum absolute atomic E-state index is 0.673. The van der Waals surface area contributed by atoms with Gasteiger partial charge in [-0.1, -0.05) is 36.4 Å². The van der Waals surface area contributed by atoms with Crippen molar-refractivity contribution in [3.05, 3.63) is 93.3 Å². The minimum Gasteiger partial charge on any atom is -0.345 e. The van der Waals surface area contributed by atoms with Crippen molar-refractivity contribution in [2.24, 2.45) is 0 Å². The molecule has 0 bridgehead atoms. The molecule has 1 N–H and O–H groups in total. The number of aromatic nitrogens is 3. The molecule has 2 heterocycles. The molecule has 0 amide bonds. The summed E-state index contributed by atoms with van der Waals surface area (Å²) in [4.78, 5) is 12.7. The fourth-order valence-electron chi connectivity index (χ4n) is 3.01. The molecular formula is C22H18N4S. The third-order valence-electron chi connectivity index (χ3n) is 4.45. The SMILES string of the molecule is Cc1ccccc1-c1csc(Cc2cnc(Cc3ccc(C#N)cc3)[nH]2)n1. The first-order valence-corrected chi connectivity index (χ1v) is 9.61. The molecule has 0 radical (unpaired) electrons. The number of aryl methyl sites for hydroxylation is 1. The second-order valence-corrected chi connectivity index (χ2v) is 7.40. The van der Waals surface area contributed by atoms with Crippen molar-refractivity contribution in [1.29, 1.82) is 5.26 Å². The van der Waals surface area contributed by atoms with Gasteiger partial charge in [-0.25, -0.2) is 9.97 Å². The average Bonchev–Trinajstić information content (AvgIpc) is 3.33. The van der Waals surface area contributed by atoms with Crippen LogP contribution < -0.4 is 0 Å². The summed E-state index contributed by atoms with van der Waals surface area (Å²) in [5, 5.41) is 12.1. The first-order valence-electron chi connectivity index (χ1n) is 8.73. The van der Waals surface area contributed by atoms with Crippen LogP contribution >= 0.6 is 11.3 Å². The molecule has 2 aromatic heterocycles. The molecule has 0 saturated heterocycles. The number of aromatic amines is 1. The third kappa shape index (κ3) is 3.97. The number of nitrogens with zero attached hydrogens (tertiary/aromatic N) is 3. The monoisotopic (exact) mass is 370 g/mol. The van der Waals surface area contributed by atoms with Crippen LogP contribution in [0.4, 0.5) is 0 Å². The van der Waals surface area contributed by atoms with Crippen molar-refractivity contribution >= 4 is 11.3 Å². The van der Waals surface area contributed by atoms with Crippen molar-refractivity contribution in [2.45, 2.75) is 19.8 Å². The molecule has 27 heavy (non-hydrogen) atoms. The Balaban J connectivity index is 1.45. The predicted octanol–water partition coefficient (Wildman–Crippen LogP) is 4.89. The van der Waals surface area contributed by atoms with Gasteiger partial charge in [0.2, 0.25) is 0 Å². The van der Waals surface area contributed by atoms with Crippen LogP contribution in [0.5, 0.6) is 0 Å². The van der Waals surface area contributed by atoms with Crippen LogP contribution in [0.3, 0.4) is 0 Å². The summed E-state index contributed by atoms with van der Waals surface area (Å²) in [6, 6.07) is 18.1. The molecule has 0 fully saturated rings. The number of hydrogen-bond acceptors (Lipinski definition) is 4. The molecule has 2 aromatic carbocycles. The average molecular weight is 370 g/mol. The molecule has 0 saturated carbocycles. The van der Waals surface area contributed by atoms with Crippen LogP contribution in [0.15, 0.2) is 60.1 Å². The van der Waals surface area contributed by atoms with E-state index in [2.05, 4.69) is 40.5 Å². The number of nitrogens with one attached hydrogen (secondary N) is 1. The van der Waals surface area contributed by atoms with Gasteiger partial charge in [0.05, 0.1) is 22.3 Å². The van der Waals surface area contributed by atoms with E-state index in [0.717, 1.165) is 40.6 Å². The molecule has 4 nitrogen and oxygen atoms in total. The number of imidazole rings is 1. The highest BCUT2D eigenvalue weighted by Gasteiger charge is 2.09. The lowest BCUT2D eigenvalue weighted by atomic mass is 10.1. The van der Waals surface area contributed by atoms with E-state index in [1.54, 1.807) is 11.3 Å². The van der Waals surface area contributed by atoms with Gasteiger partial charge in [0.15, 0.2) is 0 Å². The number of nitriles is 1. The second-order valence-electron chi connectivity index (χ2n) is 6.46. The van der Waals surface area contributed by atoms with Crippen molar-refractivity contribution in [1.82, 2.24) is 15.0 Å². The highest BCUT2D eigenvalue weighted by atomic mass is 32.1. The zero-order valence-electron chi connectivity index (χ0n) is 14.9. The largest absolute Gasteiger partial charge is 0.345 e. The Morgan fingerprint density at radius 1 is 1.07 bits per heavy atom. The maximum absolute atomic E-state index is 8.88. The molecule has 0 unspecified atom stereocenters. The molecule has 4 aromatic rings. The first kappa shape index (κ1) is 17.2. The topological polar surface area (TPSA) is 65.4 Å². The summed E-state index contributed by atoms with van der Waals surface area (Å²) in [5.41, 5.74) is 6.32. The van der Waals surface area contributed by atoms with E-state index in [4.69, 9.17) is 10.2 Å². The quantitative estimate of drug-likeness (QED) is 0.544. The molecule has 4 rings (SSSR count). The van der Waals surface area contributed by atoms with E-state index in [1.807, 2.05) is 42.6 Å². The molecule has 0 aliphatic rings. The normalized spacial score (nSPS) is 10.7. The summed E-state index contributed by atoms with van der Waals surface area (Å²) >= 11 is 1.68. The van der Waals surface area contributed by atoms with Crippen LogP contribution in [0, 0.1) is 18.3 Å². The van der Waals surface area contributed by atoms with E-state index in [1.165, 1.54) is 11.1 Å². The van der Waals surface area contributed by atoms with Crippen molar-refractivity contribution in [3.63, 3.8) is 0 Å². The fourth-order valence-corrected chi connectivity index (χ4v) is 3.83. The fraction of sp³-hybridized carbons (Fsp3) is 0.136. The zero-order chi connectivity index (χ0) is 18.6. The van der Waals surface area contributed by atoms with Crippen LogP contribution in [0.2, 0.25) is 0 Å². The molecule has 0 spiro atoms. The summed E-state index contributed by atoms with van der Waals surface area (Å²) in [5.74, 6) is 0.922. The Labute approximate surface area is 162 Å². The Hall–Kier alpha value is -3.23. The first-order chi connectivity index (χ1) is 13.2. The van der Waals surface area contributed by atoms with E-state index in [0.29, 0.717) is 5.56 Å². The number of thiazole rings is 1. The third-order valence-corrected chi connectivity index (χ3v) is 5.30. The van der Waals surface area contributed by atoms with Crippen LogP contribution in [0.1, 0.15) is 33.2 Å². The smallest absolute Gasteiger partial charge is 0.110 e. The number of hydrogen-bond donors (Lipinski definition) is 1. The number of benzene rings is 2. The van der Waals surface area contributed by atoms with Gasteiger partial charge in [-0.15, -0.1) is 11.3 Å². The highest BCUT2D eigenvalue weighted by Crippen LogP contribution is 2.25. The van der Waals surface area contributed by atoms with Crippen LogP contribution in [0.25, 0.3) is 11.3 Å². The summed E-state index contributed by atoms with van der Waals surface area (Å²) in [6.45, 7) is 2.11. The Kier molecular flexibility index (Phi) is 4.82. The summed E-state index contributed by atoms with van der Waals surface area (Å²) < 4.78 is 0. The Morgan fingerprint density at radius 3 is 2.67 bits per heavy atom. The maximum atomic E-state index is 8.88. The lowest BCUT2D eigenvalue weighted by molar-refractivity contribution is 0.995. The van der Waals surface area contributed by atoms with Gasteiger partial charge in [-0.2, -0.15) is 5.26 Å². The Bertz CT molecular complexity index is 1100. The van der Waals surface area contributed by atoms with Gasteiger partial charge in [0.1, 0.15) is 5.82 Å².